The van der Waals surface area contributed by atoms with E-state index in [1.807, 2.05) is 36.2 Å². The van der Waals surface area contributed by atoms with Crippen molar-refractivity contribution in [3.05, 3.63) is 29.2 Å². The Morgan fingerprint density at radius 2 is 2.35 bits per heavy atom. The van der Waals surface area contributed by atoms with Gasteiger partial charge in [-0.15, -0.1) is 0 Å². The fraction of sp³-hybridized carbons (Fsp3) is 0.500. The molecule has 0 unspecified atom stereocenters. The zero-order valence-electron chi connectivity index (χ0n) is 15.3. The van der Waals surface area contributed by atoms with Gasteiger partial charge in [0.1, 0.15) is 11.9 Å². The summed E-state index contributed by atoms with van der Waals surface area (Å²) in [5.41, 5.74) is 2.41. The fourth-order valence-electron chi connectivity index (χ4n) is 3.14. The number of nitrogens with zero attached hydrogens (tertiary/aromatic N) is 4. The predicted octanol–water partition coefficient (Wildman–Crippen LogP) is 2.62. The number of rotatable bonds is 6. The second-order valence-electron chi connectivity index (χ2n) is 6.45. The molecule has 3 rings (SSSR count). The summed E-state index contributed by atoms with van der Waals surface area (Å²) in [4.78, 5) is 16.7. The van der Waals surface area contributed by atoms with Crippen LogP contribution in [0.3, 0.4) is 0 Å². The molecule has 0 bridgehead atoms. The molecule has 26 heavy (non-hydrogen) atoms. The van der Waals surface area contributed by atoms with Crippen LogP contribution in [0.4, 0.5) is 5.82 Å². The van der Waals surface area contributed by atoms with E-state index >= 15 is 0 Å². The van der Waals surface area contributed by atoms with E-state index in [9.17, 15) is 10.1 Å². The highest BCUT2D eigenvalue weighted by atomic mass is 32.2. The molecule has 0 radical (unpaired) electrons. The number of amides is 1. The van der Waals surface area contributed by atoms with Crippen molar-refractivity contribution in [2.45, 2.75) is 44.5 Å². The Kier molecular flexibility index (Phi) is 5.69. The Morgan fingerprint density at radius 1 is 1.54 bits per heavy atom. The number of hydrogen-bond donors (Lipinski definition) is 1. The largest absolute Gasteiger partial charge is 0.376 e. The van der Waals surface area contributed by atoms with E-state index < -0.39 is 0 Å². The first kappa shape index (κ1) is 18.5. The highest BCUT2D eigenvalue weighted by molar-refractivity contribution is 7.99. The van der Waals surface area contributed by atoms with Crippen molar-refractivity contribution >= 4 is 23.5 Å². The molecule has 0 aliphatic carbocycles. The maximum absolute atomic E-state index is 12.5. The van der Waals surface area contributed by atoms with Crippen LogP contribution >= 0.6 is 11.8 Å². The molecule has 2 aromatic rings. The van der Waals surface area contributed by atoms with Crippen LogP contribution in [0.15, 0.2) is 17.6 Å². The van der Waals surface area contributed by atoms with Gasteiger partial charge in [0.25, 0.3) is 0 Å². The molecule has 3 heterocycles. The zero-order valence-corrected chi connectivity index (χ0v) is 16.1. The number of imidazole rings is 1. The normalized spacial score (nSPS) is 16.6. The van der Waals surface area contributed by atoms with Gasteiger partial charge in [-0.1, -0.05) is 11.8 Å². The maximum Gasteiger partial charge on any atom is 0.235 e. The van der Waals surface area contributed by atoms with Crippen molar-refractivity contribution in [2.75, 3.05) is 17.7 Å². The summed E-state index contributed by atoms with van der Waals surface area (Å²) in [6, 6.07) is 2.23. The van der Waals surface area contributed by atoms with Crippen molar-refractivity contribution in [3.63, 3.8) is 0 Å². The number of nitriles is 1. The van der Waals surface area contributed by atoms with E-state index in [4.69, 9.17) is 4.74 Å². The quantitative estimate of drug-likeness (QED) is 0.787. The van der Waals surface area contributed by atoms with Gasteiger partial charge in [-0.05, 0) is 32.3 Å². The molecule has 7 nitrogen and oxygen atoms in total. The minimum Gasteiger partial charge on any atom is -0.376 e. The Morgan fingerprint density at radius 3 is 2.96 bits per heavy atom. The van der Waals surface area contributed by atoms with Gasteiger partial charge < -0.3 is 19.2 Å². The fourth-order valence-corrected chi connectivity index (χ4v) is 3.87. The van der Waals surface area contributed by atoms with Crippen molar-refractivity contribution in [1.82, 2.24) is 14.1 Å². The van der Waals surface area contributed by atoms with Crippen LogP contribution in [0.5, 0.6) is 0 Å². The van der Waals surface area contributed by atoms with Crippen LogP contribution in [-0.2, 0) is 23.1 Å². The number of carbonyl (C=O) groups excluding carboxylic acids is 1. The van der Waals surface area contributed by atoms with Crippen LogP contribution in [0, 0.1) is 25.2 Å². The van der Waals surface area contributed by atoms with Gasteiger partial charge in [-0.3, -0.25) is 4.79 Å². The molecule has 8 heteroatoms. The monoisotopic (exact) mass is 373 g/mol. The topological polar surface area (TPSA) is 84.9 Å². The Balaban J connectivity index is 1.76. The molecule has 2 aromatic heterocycles. The van der Waals surface area contributed by atoms with Crippen molar-refractivity contribution in [1.29, 1.82) is 5.26 Å². The second-order valence-corrected chi connectivity index (χ2v) is 7.39. The number of nitrogens with one attached hydrogen (secondary N) is 1. The molecular weight excluding hydrogens is 350 g/mol. The molecule has 0 spiro atoms. The minimum atomic E-state index is -0.152. The number of aromatic nitrogens is 3. The predicted molar refractivity (Wildman–Crippen MR) is 100 cm³/mol. The van der Waals surface area contributed by atoms with Crippen molar-refractivity contribution in [3.8, 4) is 6.07 Å². The summed E-state index contributed by atoms with van der Waals surface area (Å²) in [6.45, 7) is 5.31. The van der Waals surface area contributed by atoms with Gasteiger partial charge in [0.2, 0.25) is 5.91 Å². The van der Waals surface area contributed by atoms with Gasteiger partial charge >= 0.3 is 0 Å². The standard InChI is InChI=1S/C18H23N5O2S/c1-12-13(2)23(10-14-5-4-8-25-14)17(15(12)9-19)21-16(24)11-26-18-20-6-7-22(18)3/h6-7,14H,4-5,8,10-11H2,1-3H3,(H,21,24)/t14-/m0/s1. The average molecular weight is 373 g/mol. The van der Waals surface area contributed by atoms with Gasteiger partial charge in [0, 0.05) is 31.7 Å². The number of carbonyl (C=O) groups is 1. The van der Waals surface area contributed by atoms with Crippen LogP contribution in [0.1, 0.15) is 29.7 Å². The molecule has 1 fully saturated rings. The zero-order chi connectivity index (χ0) is 18.7. The molecule has 1 aliphatic rings. The van der Waals surface area contributed by atoms with Crippen LogP contribution in [-0.4, -0.2) is 38.5 Å². The molecule has 1 N–H and O–H groups in total. The summed E-state index contributed by atoms with van der Waals surface area (Å²) in [7, 11) is 1.89. The molecular formula is C18H23N5O2S. The highest BCUT2D eigenvalue weighted by Gasteiger charge is 2.24. The summed E-state index contributed by atoms with van der Waals surface area (Å²) in [5.74, 6) is 0.655. The Hall–Kier alpha value is -2.24. The molecule has 1 saturated heterocycles. The minimum absolute atomic E-state index is 0.129. The summed E-state index contributed by atoms with van der Waals surface area (Å²) in [6.07, 6.45) is 5.73. The first-order chi connectivity index (χ1) is 12.5. The first-order valence-corrected chi connectivity index (χ1v) is 9.61. The number of ether oxygens (including phenoxy) is 1. The van der Waals surface area contributed by atoms with Gasteiger partial charge in [-0.25, -0.2) is 4.98 Å². The third-order valence-corrected chi connectivity index (χ3v) is 5.78. The lowest BCUT2D eigenvalue weighted by atomic mass is 10.2. The van der Waals surface area contributed by atoms with Crippen LogP contribution in [0.25, 0.3) is 0 Å². The molecule has 1 atom stereocenters. The summed E-state index contributed by atoms with van der Waals surface area (Å²) in [5, 5.41) is 13.3. The third-order valence-electron chi connectivity index (χ3n) is 4.72. The van der Waals surface area contributed by atoms with E-state index in [0.29, 0.717) is 17.9 Å². The third kappa shape index (κ3) is 3.79. The van der Waals surface area contributed by atoms with Gasteiger partial charge in [-0.2, -0.15) is 5.26 Å². The van der Waals surface area contributed by atoms with E-state index in [1.54, 1.807) is 6.20 Å². The first-order valence-electron chi connectivity index (χ1n) is 8.62. The number of thioether (sulfide) groups is 1. The maximum atomic E-state index is 12.5. The Labute approximate surface area is 157 Å². The van der Waals surface area contributed by atoms with Crippen LogP contribution < -0.4 is 5.32 Å². The van der Waals surface area contributed by atoms with Gasteiger partial charge in [0.05, 0.1) is 24.0 Å². The number of hydrogen-bond acceptors (Lipinski definition) is 5. The van der Waals surface area contributed by atoms with E-state index in [-0.39, 0.29) is 17.8 Å². The summed E-state index contributed by atoms with van der Waals surface area (Å²) >= 11 is 1.37. The lowest BCUT2D eigenvalue weighted by Crippen LogP contribution is -2.22. The van der Waals surface area contributed by atoms with E-state index in [0.717, 1.165) is 35.9 Å². The SMILES string of the molecule is Cc1c(C#N)c(NC(=O)CSc2nccn2C)n(C[C@@H]2CCCO2)c1C. The van der Waals surface area contributed by atoms with E-state index in [1.165, 1.54) is 11.8 Å². The number of anilines is 1. The molecule has 1 aliphatic heterocycles. The lowest BCUT2D eigenvalue weighted by molar-refractivity contribution is -0.113. The van der Waals surface area contributed by atoms with E-state index in [2.05, 4.69) is 16.4 Å². The molecule has 1 amide bonds. The lowest BCUT2D eigenvalue weighted by Gasteiger charge is -2.16. The van der Waals surface area contributed by atoms with Crippen molar-refractivity contribution in [2.24, 2.45) is 7.05 Å². The smallest absolute Gasteiger partial charge is 0.235 e. The van der Waals surface area contributed by atoms with Crippen molar-refractivity contribution < 1.29 is 9.53 Å². The second kappa shape index (κ2) is 7.98. The summed E-state index contributed by atoms with van der Waals surface area (Å²) < 4.78 is 9.61. The van der Waals surface area contributed by atoms with Gasteiger partial charge in [0.15, 0.2) is 5.16 Å². The molecule has 0 aromatic carbocycles. The molecule has 0 saturated carbocycles. The average Bonchev–Trinajstić information content (AvgIpc) is 3.32. The Bertz CT molecular complexity index is 843. The number of aryl methyl sites for hydroxylation is 1. The molecule has 138 valence electrons. The van der Waals surface area contributed by atoms with Crippen LogP contribution in [0.2, 0.25) is 0 Å². The highest BCUT2D eigenvalue weighted by Crippen LogP contribution is 2.28.